The first-order chi connectivity index (χ1) is 13.9. The van der Waals surface area contributed by atoms with Crippen LogP contribution in [-0.2, 0) is 4.79 Å². The molecule has 1 N–H and O–H groups in total. The molecular formula is C21H23ClFN3O2S. The molecule has 0 saturated carbocycles. The van der Waals surface area contributed by atoms with Crippen molar-refractivity contribution >= 4 is 35.2 Å². The van der Waals surface area contributed by atoms with Crippen molar-refractivity contribution in [2.24, 2.45) is 0 Å². The minimum atomic E-state index is -0.611. The molecule has 2 aromatic carbocycles. The lowest BCUT2D eigenvalue weighted by Gasteiger charge is -2.29. The summed E-state index contributed by atoms with van der Waals surface area (Å²) in [7, 11) is 3.86. The predicted molar refractivity (Wildman–Crippen MR) is 115 cm³/mol. The van der Waals surface area contributed by atoms with Gasteiger partial charge >= 0.3 is 0 Å². The average Bonchev–Trinajstić information content (AvgIpc) is 3.13. The number of halogens is 2. The van der Waals surface area contributed by atoms with Crippen molar-refractivity contribution in [2.75, 3.05) is 32.9 Å². The van der Waals surface area contributed by atoms with Crippen LogP contribution in [0.2, 0.25) is 5.02 Å². The summed E-state index contributed by atoms with van der Waals surface area (Å²) in [5, 5.41) is 3.07. The molecule has 2 unspecified atom stereocenters. The van der Waals surface area contributed by atoms with Crippen molar-refractivity contribution < 1.29 is 14.0 Å². The van der Waals surface area contributed by atoms with Crippen LogP contribution >= 0.6 is 23.4 Å². The highest BCUT2D eigenvalue weighted by molar-refractivity contribution is 7.99. The number of likely N-dealkylation sites (N-methyl/N-ethyl adjacent to an activating group) is 1. The molecule has 8 heteroatoms. The second-order valence-electron chi connectivity index (χ2n) is 7.07. The van der Waals surface area contributed by atoms with Crippen molar-refractivity contribution in [3.05, 3.63) is 70.5 Å². The van der Waals surface area contributed by atoms with Gasteiger partial charge in [0.25, 0.3) is 5.91 Å². The number of carbonyl (C=O) groups is 2. The van der Waals surface area contributed by atoms with Crippen LogP contribution in [0.4, 0.5) is 4.39 Å². The van der Waals surface area contributed by atoms with Crippen LogP contribution < -0.4 is 5.32 Å². The maximum atomic E-state index is 13.4. The van der Waals surface area contributed by atoms with Gasteiger partial charge in [-0.25, -0.2) is 4.39 Å². The molecule has 0 spiro atoms. The highest BCUT2D eigenvalue weighted by Crippen LogP contribution is 2.42. The fourth-order valence-corrected chi connectivity index (χ4v) is 4.66. The van der Waals surface area contributed by atoms with Crippen LogP contribution in [0.15, 0.2) is 48.5 Å². The molecule has 3 rings (SSSR count). The number of amides is 2. The fraction of sp³-hybridized carbons (Fsp3) is 0.333. The van der Waals surface area contributed by atoms with E-state index in [0.717, 1.165) is 5.56 Å². The van der Waals surface area contributed by atoms with Crippen molar-refractivity contribution in [2.45, 2.75) is 11.4 Å². The van der Waals surface area contributed by atoms with E-state index in [0.29, 0.717) is 29.4 Å². The first-order valence-electron chi connectivity index (χ1n) is 9.24. The minimum Gasteiger partial charge on any atom is -0.353 e. The van der Waals surface area contributed by atoms with E-state index in [1.165, 1.54) is 23.9 Å². The maximum Gasteiger partial charge on any atom is 0.255 e. The molecule has 1 aliphatic rings. The van der Waals surface area contributed by atoms with E-state index in [-0.39, 0.29) is 23.0 Å². The van der Waals surface area contributed by atoms with Crippen molar-refractivity contribution in [1.82, 2.24) is 15.1 Å². The smallest absolute Gasteiger partial charge is 0.255 e. The summed E-state index contributed by atoms with van der Waals surface area (Å²) in [6, 6.07) is 12.0. The summed E-state index contributed by atoms with van der Waals surface area (Å²) >= 11 is 7.44. The molecule has 0 aliphatic carbocycles. The molecule has 2 atom stereocenters. The van der Waals surface area contributed by atoms with Crippen LogP contribution in [0.5, 0.6) is 0 Å². The van der Waals surface area contributed by atoms with E-state index in [2.05, 4.69) is 5.32 Å². The highest BCUT2D eigenvalue weighted by atomic mass is 35.5. The SMILES string of the molecule is CN(C)CCNC(=O)C1CSC(c2ccc(F)cc2)N1C(=O)c1ccc(Cl)cc1. The zero-order chi connectivity index (χ0) is 21.0. The Kier molecular flexibility index (Phi) is 7.16. The third kappa shape index (κ3) is 5.29. The standard InChI is InChI=1S/C21H23ClFN3O2S/c1-25(2)12-11-24-19(27)18-13-29-21(15-5-9-17(23)10-6-15)26(18)20(28)14-3-7-16(22)8-4-14/h3-10,18,21H,11-13H2,1-2H3,(H,24,27). The zero-order valence-electron chi connectivity index (χ0n) is 16.3. The molecule has 0 radical (unpaired) electrons. The molecule has 2 aromatic rings. The molecule has 5 nitrogen and oxygen atoms in total. The van der Waals surface area contributed by atoms with E-state index in [9.17, 15) is 14.0 Å². The summed E-state index contributed by atoms with van der Waals surface area (Å²) in [5.74, 6) is -0.319. The predicted octanol–water partition coefficient (Wildman–Crippen LogP) is 3.41. The summed E-state index contributed by atoms with van der Waals surface area (Å²) in [5.41, 5.74) is 1.23. The maximum absolute atomic E-state index is 13.4. The highest BCUT2D eigenvalue weighted by Gasteiger charge is 2.42. The molecular weight excluding hydrogens is 413 g/mol. The van der Waals surface area contributed by atoms with Gasteiger partial charge < -0.3 is 15.1 Å². The van der Waals surface area contributed by atoms with Crippen molar-refractivity contribution in [1.29, 1.82) is 0 Å². The van der Waals surface area contributed by atoms with Crippen LogP contribution in [0.25, 0.3) is 0 Å². The molecule has 2 amide bonds. The fourth-order valence-electron chi connectivity index (χ4n) is 3.10. The number of rotatable bonds is 6. The number of hydrogen-bond donors (Lipinski definition) is 1. The first-order valence-corrected chi connectivity index (χ1v) is 10.7. The van der Waals surface area contributed by atoms with Gasteiger partial charge in [0.05, 0.1) is 0 Å². The van der Waals surface area contributed by atoms with Gasteiger partial charge in [-0.2, -0.15) is 0 Å². The summed E-state index contributed by atoms with van der Waals surface area (Å²) in [4.78, 5) is 29.7. The minimum absolute atomic E-state index is 0.189. The normalized spacial score (nSPS) is 18.9. The number of benzene rings is 2. The number of carbonyl (C=O) groups excluding carboxylic acids is 2. The van der Waals surface area contributed by atoms with Crippen LogP contribution in [0, 0.1) is 5.82 Å². The van der Waals surface area contributed by atoms with Gasteiger partial charge in [-0.05, 0) is 56.1 Å². The largest absolute Gasteiger partial charge is 0.353 e. The second kappa shape index (κ2) is 9.61. The topological polar surface area (TPSA) is 52.7 Å². The Bertz CT molecular complexity index is 861. The number of nitrogens with zero attached hydrogens (tertiary/aromatic N) is 2. The Morgan fingerprint density at radius 2 is 1.83 bits per heavy atom. The van der Waals surface area contributed by atoms with Gasteiger partial charge in [-0.1, -0.05) is 23.7 Å². The molecule has 154 valence electrons. The van der Waals surface area contributed by atoms with Crippen LogP contribution in [-0.4, -0.2) is 60.6 Å². The number of nitrogens with one attached hydrogen (secondary N) is 1. The summed E-state index contributed by atoms with van der Waals surface area (Å²) in [6.45, 7) is 1.20. The number of hydrogen-bond acceptors (Lipinski definition) is 4. The average molecular weight is 436 g/mol. The van der Waals surface area contributed by atoms with Crippen molar-refractivity contribution in [3.63, 3.8) is 0 Å². The Morgan fingerprint density at radius 3 is 2.45 bits per heavy atom. The van der Waals surface area contributed by atoms with Gasteiger partial charge in [0, 0.05) is 29.4 Å². The van der Waals surface area contributed by atoms with E-state index >= 15 is 0 Å². The van der Waals surface area contributed by atoms with E-state index < -0.39 is 6.04 Å². The Balaban J connectivity index is 1.87. The Labute approximate surface area is 179 Å². The van der Waals surface area contributed by atoms with Gasteiger partial charge in [0.15, 0.2) is 0 Å². The van der Waals surface area contributed by atoms with Gasteiger partial charge in [-0.15, -0.1) is 11.8 Å². The molecule has 0 bridgehead atoms. The van der Waals surface area contributed by atoms with Crippen LogP contribution in [0.3, 0.4) is 0 Å². The molecule has 1 saturated heterocycles. The van der Waals surface area contributed by atoms with Crippen LogP contribution in [0.1, 0.15) is 21.3 Å². The molecule has 1 aliphatic heterocycles. The lowest BCUT2D eigenvalue weighted by Crippen LogP contribution is -2.49. The third-order valence-corrected chi connectivity index (χ3v) is 6.22. The van der Waals surface area contributed by atoms with E-state index in [4.69, 9.17) is 11.6 Å². The first kappa shape index (κ1) is 21.6. The zero-order valence-corrected chi connectivity index (χ0v) is 17.8. The molecule has 29 heavy (non-hydrogen) atoms. The van der Waals surface area contributed by atoms with Gasteiger partial charge in [0.2, 0.25) is 5.91 Å². The van der Waals surface area contributed by atoms with Gasteiger partial charge in [0.1, 0.15) is 17.2 Å². The Morgan fingerprint density at radius 1 is 1.17 bits per heavy atom. The quantitative estimate of drug-likeness (QED) is 0.755. The summed E-state index contributed by atoms with van der Waals surface area (Å²) in [6.07, 6.45) is 0. The lowest BCUT2D eigenvalue weighted by molar-refractivity contribution is -0.124. The van der Waals surface area contributed by atoms with Crippen molar-refractivity contribution in [3.8, 4) is 0 Å². The molecule has 0 aromatic heterocycles. The molecule has 1 heterocycles. The lowest BCUT2D eigenvalue weighted by atomic mass is 10.1. The van der Waals surface area contributed by atoms with Gasteiger partial charge in [-0.3, -0.25) is 9.59 Å². The monoisotopic (exact) mass is 435 g/mol. The number of thioether (sulfide) groups is 1. The molecule has 1 fully saturated rings. The van der Waals surface area contributed by atoms with E-state index in [1.807, 2.05) is 19.0 Å². The second-order valence-corrected chi connectivity index (χ2v) is 8.62. The summed E-state index contributed by atoms with van der Waals surface area (Å²) < 4.78 is 13.4. The Hall–Kier alpha value is -2.09. The van der Waals surface area contributed by atoms with E-state index in [1.54, 1.807) is 41.3 Å². The third-order valence-electron chi connectivity index (χ3n) is 4.64.